The third kappa shape index (κ3) is 3.94. The first-order valence-electron chi connectivity index (χ1n) is 5.70. The van der Waals surface area contributed by atoms with Gasteiger partial charge in [0.1, 0.15) is 0 Å². The molecule has 1 saturated carbocycles. The highest BCUT2D eigenvalue weighted by atomic mass is 19.4. The number of nitrogens with two attached hydrogens (primary N) is 1. The van der Waals surface area contributed by atoms with Crippen molar-refractivity contribution in [2.75, 3.05) is 13.1 Å². The van der Waals surface area contributed by atoms with E-state index in [9.17, 15) is 13.2 Å². The van der Waals surface area contributed by atoms with E-state index in [-0.39, 0.29) is 12.0 Å². The first-order valence-corrected chi connectivity index (χ1v) is 5.70. The summed E-state index contributed by atoms with van der Waals surface area (Å²) in [5.74, 6) is 0. The van der Waals surface area contributed by atoms with Gasteiger partial charge in [-0.05, 0) is 24.7 Å². The zero-order valence-electron chi connectivity index (χ0n) is 9.95. The van der Waals surface area contributed by atoms with Gasteiger partial charge in [-0.1, -0.05) is 20.3 Å². The van der Waals surface area contributed by atoms with Crippen molar-refractivity contribution in [3.63, 3.8) is 0 Å². The van der Waals surface area contributed by atoms with Crippen molar-refractivity contribution in [2.45, 2.75) is 51.2 Å². The fourth-order valence-corrected chi connectivity index (χ4v) is 2.68. The molecule has 1 atom stereocenters. The van der Waals surface area contributed by atoms with Gasteiger partial charge in [-0.3, -0.25) is 0 Å². The number of alkyl halides is 3. The van der Waals surface area contributed by atoms with Gasteiger partial charge < -0.3 is 11.1 Å². The van der Waals surface area contributed by atoms with Crippen molar-refractivity contribution in [3.8, 4) is 0 Å². The highest BCUT2D eigenvalue weighted by Crippen LogP contribution is 2.40. The highest BCUT2D eigenvalue weighted by Gasteiger charge is 2.41. The fourth-order valence-electron chi connectivity index (χ4n) is 2.68. The van der Waals surface area contributed by atoms with Crippen molar-refractivity contribution < 1.29 is 13.2 Å². The lowest BCUT2D eigenvalue weighted by Crippen LogP contribution is -2.57. The third-order valence-corrected chi connectivity index (χ3v) is 3.38. The van der Waals surface area contributed by atoms with Gasteiger partial charge in [-0.25, -0.2) is 0 Å². The average Bonchev–Trinajstić information content (AvgIpc) is 2.12. The second kappa shape index (κ2) is 4.53. The number of hydrogen-bond acceptors (Lipinski definition) is 2. The minimum Gasteiger partial charge on any atom is -0.329 e. The Labute approximate surface area is 94.8 Å². The summed E-state index contributed by atoms with van der Waals surface area (Å²) in [6.07, 6.45) is -0.711. The summed E-state index contributed by atoms with van der Waals surface area (Å²) in [6.45, 7) is 3.50. The molecule has 0 amide bonds. The summed E-state index contributed by atoms with van der Waals surface area (Å²) in [5, 5.41) is 2.63. The van der Waals surface area contributed by atoms with Gasteiger partial charge in [0.25, 0.3) is 0 Å². The van der Waals surface area contributed by atoms with Gasteiger partial charge in [-0.2, -0.15) is 13.2 Å². The summed E-state index contributed by atoms with van der Waals surface area (Å²) in [5.41, 5.74) is 5.21. The van der Waals surface area contributed by atoms with E-state index in [1.165, 1.54) is 0 Å². The van der Waals surface area contributed by atoms with Crippen molar-refractivity contribution >= 4 is 0 Å². The predicted molar refractivity (Wildman–Crippen MR) is 58.1 cm³/mol. The Morgan fingerprint density at radius 1 is 1.25 bits per heavy atom. The second-order valence-corrected chi connectivity index (χ2v) is 5.65. The SMILES string of the molecule is CC1(C)CCCC(CN)(NCC(F)(F)F)C1. The summed E-state index contributed by atoms with van der Waals surface area (Å²) in [4.78, 5) is 0. The molecule has 1 aliphatic rings. The molecule has 96 valence electrons. The van der Waals surface area contributed by atoms with E-state index in [0.717, 1.165) is 19.3 Å². The monoisotopic (exact) mass is 238 g/mol. The zero-order valence-corrected chi connectivity index (χ0v) is 9.95. The molecule has 0 bridgehead atoms. The van der Waals surface area contributed by atoms with Crippen LogP contribution in [0, 0.1) is 5.41 Å². The second-order valence-electron chi connectivity index (χ2n) is 5.65. The highest BCUT2D eigenvalue weighted by molar-refractivity contribution is 4.97. The van der Waals surface area contributed by atoms with Crippen molar-refractivity contribution in [3.05, 3.63) is 0 Å². The molecule has 1 fully saturated rings. The normalized spacial score (nSPS) is 30.4. The number of rotatable bonds is 3. The van der Waals surface area contributed by atoms with Gasteiger partial charge in [-0.15, -0.1) is 0 Å². The minimum absolute atomic E-state index is 0.0796. The molecule has 0 aromatic heterocycles. The largest absolute Gasteiger partial charge is 0.401 e. The van der Waals surface area contributed by atoms with E-state index in [1.807, 2.05) is 0 Å². The molecule has 1 unspecified atom stereocenters. The Kier molecular flexibility index (Phi) is 3.90. The van der Waals surface area contributed by atoms with E-state index in [0.29, 0.717) is 6.42 Å². The molecule has 0 aromatic carbocycles. The van der Waals surface area contributed by atoms with Crippen LogP contribution in [0.2, 0.25) is 0 Å². The topological polar surface area (TPSA) is 38.0 Å². The van der Waals surface area contributed by atoms with Gasteiger partial charge in [0, 0.05) is 12.1 Å². The van der Waals surface area contributed by atoms with Crippen LogP contribution in [0.15, 0.2) is 0 Å². The van der Waals surface area contributed by atoms with E-state index in [4.69, 9.17) is 5.73 Å². The van der Waals surface area contributed by atoms with Gasteiger partial charge in [0.2, 0.25) is 0 Å². The van der Waals surface area contributed by atoms with E-state index in [2.05, 4.69) is 19.2 Å². The Morgan fingerprint density at radius 3 is 2.31 bits per heavy atom. The van der Waals surface area contributed by atoms with Crippen LogP contribution < -0.4 is 11.1 Å². The van der Waals surface area contributed by atoms with Crippen LogP contribution in [0.3, 0.4) is 0 Å². The van der Waals surface area contributed by atoms with E-state index >= 15 is 0 Å². The minimum atomic E-state index is -4.16. The van der Waals surface area contributed by atoms with Crippen molar-refractivity contribution in [2.24, 2.45) is 11.1 Å². The first-order chi connectivity index (χ1) is 7.18. The van der Waals surface area contributed by atoms with Crippen molar-refractivity contribution in [1.29, 1.82) is 0 Å². The van der Waals surface area contributed by atoms with Gasteiger partial charge in [0.15, 0.2) is 0 Å². The molecule has 0 aliphatic heterocycles. The molecule has 5 heteroatoms. The third-order valence-electron chi connectivity index (χ3n) is 3.38. The number of hydrogen-bond donors (Lipinski definition) is 2. The molecule has 3 N–H and O–H groups in total. The van der Waals surface area contributed by atoms with Crippen LogP contribution in [-0.2, 0) is 0 Å². The summed E-state index contributed by atoms with van der Waals surface area (Å²) in [6, 6.07) is 0. The molecule has 0 saturated heterocycles. The molecule has 0 heterocycles. The lowest BCUT2D eigenvalue weighted by molar-refractivity contribution is -0.130. The molecule has 1 rings (SSSR count). The Morgan fingerprint density at radius 2 is 1.88 bits per heavy atom. The van der Waals surface area contributed by atoms with Crippen LogP contribution >= 0.6 is 0 Å². The lowest BCUT2D eigenvalue weighted by Gasteiger charge is -2.45. The Hall–Kier alpha value is -0.290. The number of halogens is 3. The zero-order chi connectivity index (χ0) is 12.4. The van der Waals surface area contributed by atoms with Crippen LogP contribution in [0.4, 0.5) is 13.2 Å². The summed E-state index contributed by atoms with van der Waals surface area (Å²) >= 11 is 0. The quantitative estimate of drug-likeness (QED) is 0.792. The maximum absolute atomic E-state index is 12.2. The molecular weight excluding hydrogens is 217 g/mol. The summed E-state index contributed by atoms with van der Waals surface area (Å²) in [7, 11) is 0. The molecule has 1 aliphatic carbocycles. The molecule has 0 aromatic rings. The Bertz CT molecular complexity index is 238. The van der Waals surface area contributed by atoms with Crippen LogP contribution in [-0.4, -0.2) is 24.8 Å². The van der Waals surface area contributed by atoms with E-state index in [1.54, 1.807) is 0 Å². The molecular formula is C11H21F3N2. The number of nitrogens with one attached hydrogen (secondary N) is 1. The molecule has 16 heavy (non-hydrogen) atoms. The fraction of sp³-hybridized carbons (Fsp3) is 1.00. The van der Waals surface area contributed by atoms with Crippen LogP contribution in [0.25, 0.3) is 0 Å². The van der Waals surface area contributed by atoms with Crippen LogP contribution in [0.1, 0.15) is 39.5 Å². The molecule has 0 spiro atoms. The lowest BCUT2D eigenvalue weighted by atomic mass is 9.68. The predicted octanol–water partition coefficient (Wildman–Crippen LogP) is 2.44. The smallest absolute Gasteiger partial charge is 0.329 e. The summed E-state index contributed by atoms with van der Waals surface area (Å²) < 4.78 is 36.6. The van der Waals surface area contributed by atoms with Gasteiger partial charge >= 0.3 is 6.18 Å². The Balaban J connectivity index is 2.63. The standard InChI is InChI=1S/C11H21F3N2/c1-9(2)4-3-5-10(6-9,7-15)16-8-11(12,13)14/h16H,3-8,15H2,1-2H3. The first kappa shape index (κ1) is 13.8. The van der Waals surface area contributed by atoms with Crippen molar-refractivity contribution in [1.82, 2.24) is 5.32 Å². The average molecular weight is 238 g/mol. The molecule has 2 nitrogen and oxygen atoms in total. The van der Waals surface area contributed by atoms with E-state index < -0.39 is 18.3 Å². The van der Waals surface area contributed by atoms with Crippen LogP contribution in [0.5, 0.6) is 0 Å². The maximum atomic E-state index is 12.2. The molecule has 0 radical (unpaired) electrons. The maximum Gasteiger partial charge on any atom is 0.401 e. The van der Waals surface area contributed by atoms with Gasteiger partial charge in [0.05, 0.1) is 6.54 Å².